The molecule has 3 aliphatic rings. The average molecular weight is 552 g/mol. The molecule has 7 nitrogen and oxygen atoms in total. The lowest BCUT2D eigenvalue weighted by atomic mass is 9.87. The summed E-state index contributed by atoms with van der Waals surface area (Å²) in [5.74, 6) is 2.30. The second-order valence-corrected chi connectivity index (χ2v) is 11.6. The fraction of sp³-hybridized carbons (Fsp3) is 0.636. The van der Waals surface area contributed by atoms with Gasteiger partial charge in [-0.25, -0.2) is 0 Å². The standard InChI is InChI=1S/C33H49N3O4/c1-35(28-7-4-3-5-8-28)18-21-38-29-12-10-27(11-13-29)30-15-16-34-24-33(30)40-25-26-9-14-32-31(23-26)36(19-22-39-32)17-6-20-37-2/h9-14,23,28,30,33-34H,3-8,15-22,24-25H2,1-2H3. The van der Waals surface area contributed by atoms with Gasteiger partial charge in [-0.2, -0.15) is 0 Å². The Morgan fingerprint density at radius 2 is 1.88 bits per heavy atom. The molecular formula is C33H49N3O4. The van der Waals surface area contributed by atoms with Gasteiger partial charge in [0.25, 0.3) is 0 Å². The second kappa shape index (κ2) is 15.1. The minimum Gasteiger partial charge on any atom is -0.492 e. The van der Waals surface area contributed by atoms with Crippen molar-refractivity contribution < 1.29 is 18.9 Å². The zero-order chi connectivity index (χ0) is 27.6. The van der Waals surface area contributed by atoms with Crippen LogP contribution in [0.4, 0.5) is 5.69 Å². The zero-order valence-electron chi connectivity index (χ0n) is 24.6. The number of piperidine rings is 1. The smallest absolute Gasteiger partial charge is 0.142 e. The molecule has 1 saturated heterocycles. The summed E-state index contributed by atoms with van der Waals surface area (Å²) in [6.45, 7) is 7.58. The highest BCUT2D eigenvalue weighted by Gasteiger charge is 2.28. The molecule has 2 aromatic carbocycles. The van der Waals surface area contributed by atoms with Gasteiger partial charge in [0, 0.05) is 45.3 Å². The molecule has 1 N–H and O–H groups in total. The molecule has 2 fully saturated rings. The predicted octanol–water partition coefficient (Wildman–Crippen LogP) is 5.23. The zero-order valence-corrected chi connectivity index (χ0v) is 24.6. The maximum atomic E-state index is 6.56. The minimum atomic E-state index is 0.134. The SMILES string of the molecule is COCCCN1CCOc2ccc(COC3CNCCC3c3ccc(OCCN(C)C4CCCCC4)cc3)cc21. The van der Waals surface area contributed by atoms with E-state index >= 15 is 0 Å². The summed E-state index contributed by atoms with van der Waals surface area (Å²) in [5, 5.41) is 3.54. The van der Waals surface area contributed by atoms with Crippen LogP contribution in [0.1, 0.15) is 62.0 Å². The second-order valence-electron chi connectivity index (χ2n) is 11.6. The van der Waals surface area contributed by atoms with Gasteiger partial charge in [0.15, 0.2) is 0 Å². The molecule has 0 amide bonds. The number of methoxy groups -OCH3 is 1. The number of fused-ring (bicyclic) bond motifs is 1. The van der Waals surface area contributed by atoms with Crippen molar-refractivity contribution in [2.75, 3.05) is 71.6 Å². The molecule has 0 radical (unpaired) electrons. The Hall–Kier alpha value is -2.32. The lowest BCUT2D eigenvalue weighted by Crippen LogP contribution is -2.41. The molecule has 2 aromatic rings. The molecule has 7 heteroatoms. The first-order valence-electron chi connectivity index (χ1n) is 15.5. The van der Waals surface area contributed by atoms with Crippen LogP contribution in [0.25, 0.3) is 0 Å². The van der Waals surface area contributed by atoms with Crippen molar-refractivity contribution in [3.63, 3.8) is 0 Å². The summed E-state index contributed by atoms with van der Waals surface area (Å²) >= 11 is 0. The van der Waals surface area contributed by atoms with E-state index in [9.17, 15) is 0 Å². The van der Waals surface area contributed by atoms with Gasteiger partial charge >= 0.3 is 0 Å². The van der Waals surface area contributed by atoms with Crippen LogP contribution in [0.2, 0.25) is 0 Å². The third-order valence-electron chi connectivity index (χ3n) is 8.87. The molecule has 2 aliphatic heterocycles. The van der Waals surface area contributed by atoms with Crippen molar-refractivity contribution in [2.24, 2.45) is 0 Å². The number of hydrogen-bond acceptors (Lipinski definition) is 7. The van der Waals surface area contributed by atoms with Gasteiger partial charge in [0.1, 0.15) is 24.7 Å². The number of anilines is 1. The quantitative estimate of drug-likeness (QED) is 0.342. The monoisotopic (exact) mass is 551 g/mol. The first-order chi connectivity index (χ1) is 19.7. The number of likely N-dealkylation sites (N-methyl/N-ethyl adjacent to an activating group) is 1. The Balaban J connectivity index is 1.13. The third-order valence-corrected chi connectivity index (χ3v) is 8.87. The molecular weight excluding hydrogens is 502 g/mol. The summed E-state index contributed by atoms with van der Waals surface area (Å²) < 4.78 is 23.9. The first kappa shape index (κ1) is 29.2. The number of nitrogens with one attached hydrogen (secondary N) is 1. The van der Waals surface area contributed by atoms with Gasteiger partial charge in [-0.1, -0.05) is 37.5 Å². The summed E-state index contributed by atoms with van der Waals surface area (Å²) in [4.78, 5) is 4.89. The molecule has 2 unspecified atom stereocenters. The third kappa shape index (κ3) is 7.90. The van der Waals surface area contributed by atoms with E-state index in [0.29, 0.717) is 12.5 Å². The molecule has 2 heterocycles. The van der Waals surface area contributed by atoms with E-state index in [1.165, 1.54) is 48.9 Å². The first-order valence-corrected chi connectivity index (χ1v) is 15.5. The Morgan fingerprint density at radius 1 is 1.02 bits per heavy atom. The van der Waals surface area contributed by atoms with Crippen LogP contribution in [0.15, 0.2) is 42.5 Å². The lowest BCUT2D eigenvalue weighted by molar-refractivity contribution is 0.0106. The van der Waals surface area contributed by atoms with Crippen LogP contribution >= 0.6 is 0 Å². The normalized spacial score (nSPS) is 21.7. The van der Waals surface area contributed by atoms with E-state index in [4.69, 9.17) is 18.9 Å². The summed E-state index contributed by atoms with van der Waals surface area (Å²) in [7, 11) is 4.01. The maximum absolute atomic E-state index is 6.56. The largest absolute Gasteiger partial charge is 0.492 e. The van der Waals surface area contributed by atoms with E-state index in [0.717, 1.165) is 82.9 Å². The van der Waals surface area contributed by atoms with Crippen LogP contribution in [0.3, 0.4) is 0 Å². The molecule has 220 valence electrons. The molecule has 2 atom stereocenters. The fourth-order valence-corrected chi connectivity index (χ4v) is 6.45. The van der Waals surface area contributed by atoms with Gasteiger partial charge < -0.3 is 34.1 Å². The topological polar surface area (TPSA) is 55.4 Å². The molecule has 0 spiro atoms. The maximum Gasteiger partial charge on any atom is 0.142 e. The van der Waals surface area contributed by atoms with Gasteiger partial charge in [-0.05, 0) is 74.7 Å². The number of hydrogen-bond donors (Lipinski definition) is 1. The Labute approximate surface area is 241 Å². The Morgan fingerprint density at radius 3 is 2.70 bits per heavy atom. The number of benzene rings is 2. The average Bonchev–Trinajstić information content (AvgIpc) is 3.01. The molecule has 1 aliphatic carbocycles. The van der Waals surface area contributed by atoms with Gasteiger partial charge in [-0.3, -0.25) is 0 Å². The number of rotatable bonds is 13. The highest BCUT2D eigenvalue weighted by atomic mass is 16.5. The van der Waals surface area contributed by atoms with Gasteiger partial charge in [0.05, 0.1) is 24.9 Å². The minimum absolute atomic E-state index is 0.134. The molecule has 5 rings (SSSR count). The predicted molar refractivity (Wildman–Crippen MR) is 161 cm³/mol. The van der Waals surface area contributed by atoms with E-state index in [-0.39, 0.29) is 6.10 Å². The van der Waals surface area contributed by atoms with Crippen molar-refractivity contribution in [1.29, 1.82) is 0 Å². The van der Waals surface area contributed by atoms with Crippen molar-refractivity contribution in [3.8, 4) is 11.5 Å². The van der Waals surface area contributed by atoms with Crippen molar-refractivity contribution in [3.05, 3.63) is 53.6 Å². The van der Waals surface area contributed by atoms with Crippen molar-refractivity contribution in [2.45, 2.75) is 69.6 Å². The van der Waals surface area contributed by atoms with E-state index in [1.807, 2.05) is 0 Å². The molecule has 1 saturated carbocycles. The highest BCUT2D eigenvalue weighted by molar-refractivity contribution is 5.61. The van der Waals surface area contributed by atoms with Gasteiger partial charge in [-0.15, -0.1) is 0 Å². The highest BCUT2D eigenvalue weighted by Crippen LogP contribution is 2.34. The van der Waals surface area contributed by atoms with Crippen LogP contribution in [-0.4, -0.2) is 83.7 Å². The summed E-state index contributed by atoms with van der Waals surface area (Å²) in [5.41, 5.74) is 3.69. The Kier molecular flexibility index (Phi) is 11.0. The summed E-state index contributed by atoms with van der Waals surface area (Å²) in [6, 6.07) is 15.9. The van der Waals surface area contributed by atoms with Crippen LogP contribution < -0.4 is 19.7 Å². The Bertz CT molecular complexity index is 1030. The van der Waals surface area contributed by atoms with Gasteiger partial charge in [0.2, 0.25) is 0 Å². The summed E-state index contributed by atoms with van der Waals surface area (Å²) in [6.07, 6.45) is 9.01. The molecule has 0 bridgehead atoms. The molecule has 40 heavy (non-hydrogen) atoms. The fourth-order valence-electron chi connectivity index (χ4n) is 6.45. The number of ether oxygens (including phenoxy) is 4. The van der Waals surface area contributed by atoms with E-state index < -0.39 is 0 Å². The van der Waals surface area contributed by atoms with E-state index in [1.54, 1.807) is 7.11 Å². The molecule has 0 aromatic heterocycles. The van der Waals surface area contributed by atoms with E-state index in [2.05, 4.69) is 64.6 Å². The van der Waals surface area contributed by atoms with Crippen molar-refractivity contribution >= 4 is 5.69 Å². The van der Waals surface area contributed by atoms with Crippen LogP contribution in [0, 0.1) is 0 Å². The lowest BCUT2D eigenvalue weighted by Gasteiger charge is -2.33. The van der Waals surface area contributed by atoms with Crippen LogP contribution in [0.5, 0.6) is 11.5 Å². The number of nitrogens with zero attached hydrogens (tertiary/aromatic N) is 2. The van der Waals surface area contributed by atoms with Crippen molar-refractivity contribution in [1.82, 2.24) is 10.2 Å². The van der Waals surface area contributed by atoms with Crippen LogP contribution in [-0.2, 0) is 16.1 Å².